The number of carbonyl (C=O) groups excluding carboxylic acids is 2. The maximum Gasteiger partial charge on any atom is 0.316 e. The molecule has 0 N–H and O–H groups in total. The first kappa shape index (κ1) is 11.6. The van der Waals surface area contributed by atoms with Crippen LogP contribution in [0.25, 0.3) is 0 Å². The Morgan fingerprint density at radius 2 is 2.00 bits per heavy atom. The molecule has 0 aliphatic rings. The van der Waals surface area contributed by atoms with Crippen LogP contribution < -0.4 is 0 Å². The molecule has 0 atom stereocenters. The van der Waals surface area contributed by atoms with Gasteiger partial charge >= 0.3 is 5.97 Å². The Balaban J connectivity index is 3.51. The van der Waals surface area contributed by atoms with Gasteiger partial charge in [-0.15, -0.1) is 0 Å². The number of hydrogen-bond donors (Lipinski definition) is 0. The van der Waals surface area contributed by atoms with Crippen molar-refractivity contribution >= 4 is 27.7 Å². The average Bonchev–Trinajstić information content (AvgIpc) is 1.99. The van der Waals surface area contributed by atoms with Gasteiger partial charge in [0.05, 0.1) is 0 Å². The Bertz CT molecular complexity index is 166. The minimum atomic E-state index is -0.396. The predicted molar refractivity (Wildman–Crippen MR) is 49.2 cm³/mol. The zero-order chi connectivity index (χ0) is 9.56. The molecule has 12 heavy (non-hydrogen) atoms. The zero-order valence-electron chi connectivity index (χ0n) is 7.30. The summed E-state index contributed by atoms with van der Waals surface area (Å²) in [5, 5.41) is 0.141. The number of halogens is 1. The van der Waals surface area contributed by atoms with Gasteiger partial charge in [0, 0.05) is 6.42 Å². The van der Waals surface area contributed by atoms with Crippen LogP contribution >= 0.6 is 15.9 Å². The number of alkyl halides is 1. The minimum Gasteiger partial charge on any atom is -0.457 e. The Morgan fingerprint density at radius 3 is 2.42 bits per heavy atom. The molecule has 70 valence electrons. The quantitative estimate of drug-likeness (QED) is 0.538. The van der Waals surface area contributed by atoms with E-state index in [1.807, 2.05) is 13.8 Å². The fourth-order valence-electron chi connectivity index (χ4n) is 0.714. The van der Waals surface area contributed by atoms with Gasteiger partial charge in [0.1, 0.15) is 11.9 Å². The van der Waals surface area contributed by atoms with Crippen molar-refractivity contribution in [2.75, 3.05) is 11.9 Å². The number of ketones is 1. The van der Waals surface area contributed by atoms with Gasteiger partial charge in [0.2, 0.25) is 0 Å². The summed E-state index contributed by atoms with van der Waals surface area (Å²) >= 11 is 2.93. The predicted octanol–water partition coefficient (Wildman–Crippen LogP) is 1.54. The SMILES string of the molecule is CC(C)CC(=O)COC(=O)CBr. The first-order chi connectivity index (χ1) is 5.56. The average molecular weight is 237 g/mol. The van der Waals surface area contributed by atoms with E-state index in [4.69, 9.17) is 0 Å². The fraction of sp³-hybridized carbons (Fsp3) is 0.750. The van der Waals surface area contributed by atoms with Crippen LogP contribution in [0.2, 0.25) is 0 Å². The van der Waals surface area contributed by atoms with Gasteiger partial charge in [-0.1, -0.05) is 29.8 Å². The Labute approximate surface area is 80.6 Å². The summed E-state index contributed by atoms with van der Waals surface area (Å²) in [5.41, 5.74) is 0. The summed E-state index contributed by atoms with van der Waals surface area (Å²) in [4.78, 5) is 21.6. The second kappa shape index (κ2) is 6.17. The lowest BCUT2D eigenvalue weighted by molar-refractivity contribution is -0.145. The van der Waals surface area contributed by atoms with Crippen LogP contribution in [0.4, 0.5) is 0 Å². The Kier molecular flexibility index (Phi) is 5.98. The molecule has 0 saturated carbocycles. The number of carbonyl (C=O) groups is 2. The summed E-state index contributed by atoms with van der Waals surface area (Å²) in [6.45, 7) is 3.80. The van der Waals surface area contributed by atoms with Gasteiger partial charge in [0.25, 0.3) is 0 Å². The smallest absolute Gasteiger partial charge is 0.316 e. The number of ether oxygens (including phenoxy) is 1. The molecule has 0 heterocycles. The van der Waals surface area contributed by atoms with Gasteiger partial charge in [0.15, 0.2) is 5.78 Å². The highest BCUT2D eigenvalue weighted by molar-refractivity contribution is 9.09. The van der Waals surface area contributed by atoms with Gasteiger partial charge < -0.3 is 4.74 Å². The van der Waals surface area contributed by atoms with Gasteiger partial charge in [-0.05, 0) is 5.92 Å². The molecule has 0 aliphatic heterocycles. The molecule has 0 aromatic rings. The molecule has 0 bridgehead atoms. The summed E-state index contributed by atoms with van der Waals surface area (Å²) < 4.78 is 4.62. The molecule has 0 saturated heterocycles. The molecule has 4 heteroatoms. The first-order valence-corrected chi connectivity index (χ1v) is 4.91. The summed E-state index contributed by atoms with van der Waals surface area (Å²) in [7, 11) is 0. The highest BCUT2D eigenvalue weighted by Gasteiger charge is 2.07. The third kappa shape index (κ3) is 6.34. The highest BCUT2D eigenvalue weighted by Crippen LogP contribution is 2.00. The van der Waals surface area contributed by atoms with E-state index in [0.717, 1.165) is 0 Å². The second-order valence-corrected chi connectivity index (χ2v) is 3.49. The molecule has 0 fully saturated rings. The molecule has 0 amide bonds. The van der Waals surface area contributed by atoms with E-state index in [-0.39, 0.29) is 17.7 Å². The monoisotopic (exact) mass is 236 g/mol. The Hall–Kier alpha value is -0.380. The second-order valence-electron chi connectivity index (χ2n) is 2.93. The largest absolute Gasteiger partial charge is 0.457 e. The first-order valence-electron chi connectivity index (χ1n) is 3.79. The lowest BCUT2D eigenvalue weighted by Gasteiger charge is -2.03. The molecule has 0 aromatic carbocycles. The zero-order valence-corrected chi connectivity index (χ0v) is 8.89. The van der Waals surface area contributed by atoms with Crippen LogP contribution in [0.15, 0.2) is 0 Å². The van der Waals surface area contributed by atoms with E-state index < -0.39 is 5.97 Å². The maximum absolute atomic E-state index is 11.0. The molecule has 0 aliphatic carbocycles. The molecule has 0 spiro atoms. The van der Waals surface area contributed by atoms with Crippen LogP contribution in [0.3, 0.4) is 0 Å². The van der Waals surface area contributed by atoms with Crippen LogP contribution in [-0.4, -0.2) is 23.7 Å². The van der Waals surface area contributed by atoms with Crippen molar-refractivity contribution in [1.82, 2.24) is 0 Å². The maximum atomic E-state index is 11.0. The van der Waals surface area contributed by atoms with Crippen molar-refractivity contribution < 1.29 is 14.3 Å². The van der Waals surface area contributed by atoms with E-state index in [9.17, 15) is 9.59 Å². The van der Waals surface area contributed by atoms with Crippen molar-refractivity contribution in [3.05, 3.63) is 0 Å². The normalized spacial score (nSPS) is 10.0. The highest BCUT2D eigenvalue weighted by atomic mass is 79.9. The van der Waals surface area contributed by atoms with E-state index in [0.29, 0.717) is 12.3 Å². The van der Waals surface area contributed by atoms with E-state index in [1.54, 1.807) is 0 Å². The van der Waals surface area contributed by atoms with Crippen molar-refractivity contribution in [2.45, 2.75) is 20.3 Å². The van der Waals surface area contributed by atoms with E-state index in [2.05, 4.69) is 20.7 Å². The Morgan fingerprint density at radius 1 is 1.42 bits per heavy atom. The minimum absolute atomic E-state index is 0.0284. The van der Waals surface area contributed by atoms with Crippen LogP contribution in [0, 0.1) is 5.92 Å². The van der Waals surface area contributed by atoms with Crippen molar-refractivity contribution in [1.29, 1.82) is 0 Å². The third-order valence-corrected chi connectivity index (χ3v) is 1.60. The standard InChI is InChI=1S/C8H13BrO3/c1-6(2)3-7(10)5-12-8(11)4-9/h6H,3-5H2,1-2H3. The molecule has 0 rings (SSSR count). The van der Waals surface area contributed by atoms with Crippen LogP contribution in [0.5, 0.6) is 0 Å². The van der Waals surface area contributed by atoms with Crippen LogP contribution in [-0.2, 0) is 14.3 Å². The van der Waals surface area contributed by atoms with Gasteiger partial charge in [-0.2, -0.15) is 0 Å². The summed E-state index contributed by atoms with van der Waals surface area (Å²) in [6.07, 6.45) is 0.468. The number of esters is 1. The summed E-state index contributed by atoms with van der Waals surface area (Å²) in [6, 6.07) is 0. The fourth-order valence-corrected chi connectivity index (χ4v) is 0.876. The molecule has 3 nitrogen and oxygen atoms in total. The number of Topliss-reactive ketones (excluding diaryl/α,β-unsaturated/α-hetero) is 1. The molecular weight excluding hydrogens is 224 g/mol. The lowest BCUT2D eigenvalue weighted by atomic mass is 10.1. The molecule has 0 radical (unpaired) electrons. The number of hydrogen-bond acceptors (Lipinski definition) is 3. The van der Waals surface area contributed by atoms with Gasteiger partial charge in [-0.3, -0.25) is 9.59 Å². The van der Waals surface area contributed by atoms with Crippen molar-refractivity contribution in [3.63, 3.8) is 0 Å². The number of rotatable bonds is 5. The van der Waals surface area contributed by atoms with Gasteiger partial charge in [-0.25, -0.2) is 0 Å². The van der Waals surface area contributed by atoms with Crippen molar-refractivity contribution in [2.24, 2.45) is 5.92 Å². The third-order valence-electron chi connectivity index (χ3n) is 1.14. The molecular formula is C8H13BrO3. The van der Waals surface area contributed by atoms with E-state index in [1.165, 1.54) is 0 Å². The van der Waals surface area contributed by atoms with Crippen LogP contribution in [0.1, 0.15) is 20.3 Å². The molecule has 0 aromatic heterocycles. The molecule has 0 unspecified atom stereocenters. The summed E-state index contributed by atoms with van der Waals surface area (Å²) in [5.74, 6) is -0.105. The van der Waals surface area contributed by atoms with Crippen molar-refractivity contribution in [3.8, 4) is 0 Å². The topological polar surface area (TPSA) is 43.4 Å². The lowest BCUT2D eigenvalue weighted by Crippen LogP contribution is -2.15. The van der Waals surface area contributed by atoms with E-state index >= 15 is 0 Å².